The number of likely N-dealkylation sites (N-methyl/N-ethyl adjacent to an activating group) is 1. The van der Waals surface area contributed by atoms with Gasteiger partial charge in [-0.2, -0.15) is 0 Å². The first-order valence-electron chi connectivity index (χ1n) is 8.95. The Morgan fingerprint density at radius 3 is 3.00 bits per heavy atom. The number of carbonyl (C=O) groups is 1. The van der Waals surface area contributed by atoms with Gasteiger partial charge in [-0.25, -0.2) is 9.37 Å². The molecule has 0 bridgehead atoms. The molecule has 0 aliphatic carbocycles. The normalized spacial score (nSPS) is 20.5. The van der Waals surface area contributed by atoms with E-state index in [1.807, 2.05) is 19.2 Å². The molecule has 0 aromatic carbocycles. The van der Waals surface area contributed by atoms with Crippen LogP contribution in [0.4, 0.5) is 4.39 Å². The Labute approximate surface area is 157 Å². The van der Waals surface area contributed by atoms with Crippen molar-refractivity contribution >= 4 is 17.2 Å². The second-order valence-corrected chi connectivity index (χ2v) is 7.91. The first-order valence-corrected chi connectivity index (χ1v) is 9.83. The van der Waals surface area contributed by atoms with Gasteiger partial charge in [0.1, 0.15) is 6.17 Å². The van der Waals surface area contributed by atoms with Gasteiger partial charge in [-0.1, -0.05) is 6.92 Å². The van der Waals surface area contributed by atoms with E-state index in [9.17, 15) is 9.18 Å². The van der Waals surface area contributed by atoms with E-state index in [0.29, 0.717) is 31.6 Å². The van der Waals surface area contributed by atoms with Gasteiger partial charge in [-0.3, -0.25) is 14.7 Å². The van der Waals surface area contributed by atoms with Crippen LogP contribution in [0, 0.1) is 6.92 Å². The number of alkyl halides is 1. The van der Waals surface area contributed by atoms with Gasteiger partial charge in [0.25, 0.3) is 5.91 Å². The molecule has 0 N–H and O–H groups in total. The Kier molecular flexibility index (Phi) is 5.98. The fraction of sp³-hybridized carbons (Fsp3) is 0.526. The zero-order valence-electron chi connectivity index (χ0n) is 15.5. The van der Waals surface area contributed by atoms with Crippen LogP contribution in [0.2, 0.25) is 0 Å². The van der Waals surface area contributed by atoms with Crippen LogP contribution in [0.15, 0.2) is 23.8 Å². The highest BCUT2D eigenvalue weighted by molar-refractivity contribution is 7.09. The Bertz CT molecular complexity index is 766. The highest BCUT2D eigenvalue weighted by atomic mass is 32.1. The molecule has 3 heterocycles. The lowest BCUT2D eigenvalue weighted by Crippen LogP contribution is -2.41. The van der Waals surface area contributed by atoms with Crippen molar-refractivity contribution in [2.45, 2.75) is 45.4 Å². The van der Waals surface area contributed by atoms with Crippen molar-refractivity contribution in [2.75, 3.05) is 20.1 Å². The summed E-state index contributed by atoms with van der Waals surface area (Å²) < 4.78 is 14.1. The van der Waals surface area contributed by atoms with Gasteiger partial charge < -0.3 is 4.90 Å². The van der Waals surface area contributed by atoms with E-state index in [1.165, 1.54) is 0 Å². The summed E-state index contributed by atoms with van der Waals surface area (Å²) in [5.41, 5.74) is 2.60. The van der Waals surface area contributed by atoms with Crippen molar-refractivity contribution in [2.24, 2.45) is 0 Å². The van der Waals surface area contributed by atoms with Crippen LogP contribution in [0.3, 0.4) is 0 Å². The predicted molar refractivity (Wildman–Crippen MR) is 101 cm³/mol. The molecule has 0 unspecified atom stereocenters. The third-order valence-electron chi connectivity index (χ3n) is 4.85. The second-order valence-electron chi connectivity index (χ2n) is 6.85. The smallest absolute Gasteiger partial charge is 0.254 e. The van der Waals surface area contributed by atoms with Gasteiger partial charge in [0.05, 0.1) is 10.7 Å². The highest BCUT2D eigenvalue weighted by Crippen LogP contribution is 2.24. The lowest BCUT2D eigenvalue weighted by molar-refractivity contribution is 0.0748. The maximum atomic E-state index is 14.1. The van der Waals surface area contributed by atoms with Crippen LogP contribution in [0.5, 0.6) is 0 Å². The average molecular weight is 377 g/mol. The van der Waals surface area contributed by atoms with E-state index in [0.717, 1.165) is 22.7 Å². The third-order valence-corrected chi connectivity index (χ3v) is 5.68. The summed E-state index contributed by atoms with van der Waals surface area (Å²) >= 11 is 1.61. The van der Waals surface area contributed by atoms with Crippen molar-refractivity contribution in [3.8, 4) is 0 Å². The minimum Gasteiger partial charge on any atom is -0.340 e. The number of aromatic nitrogens is 2. The summed E-state index contributed by atoms with van der Waals surface area (Å²) in [6.45, 7) is 5.52. The fourth-order valence-electron chi connectivity index (χ4n) is 3.52. The third kappa shape index (κ3) is 4.27. The van der Waals surface area contributed by atoms with E-state index in [1.54, 1.807) is 41.7 Å². The van der Waals surface area contributed by atoms with Crippen LogP contribution in [-0.2, 0) is 13.0 Å². The SMILES string of the molecule is CCc1cnccc1C(=O)N(C)C[C@@H]1C[C@H](F)CN1Cc1csc(C)n1. The number of thiazole rings is 1. The number of pyridine rings is 1. The Balaban J connectivity index is 1.68. The van der Waals surface area contributed by atoms with Crippen molar-refractivity contribution < 1.29 is 9.18 Å². The van der Waals surface area contributed by atoms with Crippen LogP contribution in [0.1, 0.15) is 40.0 Å². The molecule has 2 aromatic rings. The Morgan fingerprint density at radius 1 is 1.50 bits per heavy atom. The molecule has 0 saturated carbocycles. The quantitative estimate of drug-likeness (QED) is 0.777. The van der Waals surface area contributed by atoms with Gasteiger partial charge in [0, 0.05) is 56.1 Å². The number of aryl methyl sites for hydroxylation is 2. The second kappa shape index (κ2) is 8.22. The fourth-order valence-corrected chi connectivity index (χ4v) is 4.12. The predicted octanol–water partition coefficient (Wildman–Crippen LogP) is 3.09. The lowest BCUT2D eigenvalue weighted by atomic mass is 10.1. The first kappa shape index (κ1) is 18.9. The number of likely N-dealkylation sites (tertiary alicyclic amines) is 1. The summed E-state index contributed by atoms with van der Waals surface area (Å²) in [6, 6.07) is 1.77. The van der Waals surface area contributed by atoms with Crippen LogP contribution in [0.25, 0.3) is 0 Å². The molecule has 140 valence electrons. The number of hydrogen-bond acceptors (Lipinski definition) is 5. The van der Waals surface area contributed by atoms with E-state index in [-0.39, 0.29) is 11.9 Å². The zero-order chi connectivity index (χ0) is 18.7. The highest BCUT2D eigenvalue weighted by Gasteiger charge is 2.34. The standard InChI is InChI=1S/C19H25FN4OS/c1-4-14-8-21-6-5-18(14)19(25)23(3)11-17-7-15(20)9-24(17)10-16-12-26-13(2)22-16/h5-6,8,12,15,17H,4,7,9-11H2,1-3H3/t15-,17-/m0/s1. The summed E-state index contributed by atoms with van der Waals surface area (Å²) in [7, 11) is 1.79. The molecular weight excluding hydrogens is 351 g/mol. The van der Waals surface area contributed by atoms with Crippen molar-refractivity contribution in [1.29, 1.82) is 0 Å². The molecule has 7 heteroatoms. The average Bonchev–Trinajstić information content (AvgIpc) is 3.19. The number of nitrogens with zero attached hydrogens (tertiary/aromatic N) is 4. The number of hydrogen-bond donors (Lipinski definition) is 0. The van der Waals surface area contributed by atoms with E-state index < -0.39 is 6.17 Å². The van der Waals surface area contributed by atoms with Gasteiger partial charge >= 0.3 is 0 Å². The molecule has 1 amide bonds. The van der Waals surface area contributed by atoms with Crippen molar-refractivity contribution in [3.63, 3.8) is 0 Å². The zero-order valence-corrected chi connectivity index (χ0v) is 16.3. The molecule has 1 aliphatic heterocycles. The van der Waals surface area contributed by atoms with Gasteiger partial charge in [-0.15, -0.1) is 11.3 Å². The largest absolute Gasteiger partial charge is 0.340 e. The number of carbonyl (C=O) groups excluding carboxylic acids is 1. The lowest BCUT2D eigenvalue weighted by Gasteiger charge is -2.28. The molecule has 0 spiro atoms. The monoisotopic (exact) mass is 376 g/mol. The molecule has 0 radical (unpaired) electrons. The molecule has 2 aromatic heterocycles. The van der Waals surface area contributed by atoms with Gasteiger partial charge in [0.15, 0.2) is 0 Å². The van der Waals surface area contributed by atoms with Crippen LogP contribution < -0.4 is 0 Å². The van der Waals surface area contributed by atoms with Crippen molar-refractivity contribution in [3.05, 3.63) is 45.7 Å². The molecule has 1 fully saturated rings. The number of halogens is 1. The van der Waals surface area contributed by atoms with Crippen LogP contribution >= 0.6 is 11.3 Å². The van der Waals surface area contributed by atoms with E-state index >= 15 is 0 Å². The maximum Gasteiger partial charge on any atom is 0.254 e. The molecule has 2 atom stereocenters. The van der Waals surface area contributed by atoms with Crippen molar-refractivity contribution in [1.82, 2.24) is 19.8 Å². The maximum absolute atomic E-state index is 14.1. The minimum absolute atomic E-state index is 0.00729. The van der Waals surface area contributed by atoms with Gasteiger partial charge in [-0.05, 0) is 31.4 Å². The summed E-state index contributed by atoms with van der Waals surface area (Å²) in [5.74, 6) is -0.0315. The summed E-state index contributed by atoms with van der Waals surface area (Å²) in [5, 5.41) is 3.04. The molecule has 5 nitrogen and oxygen atoms in total. The van der Waals surface area contributed by atoms with E-state index in [4.69, 9.17) is 0 Å². The Morgan fingerprint density at radius 2 is 2.31 bits per heavy atom. The molecule has 3 rings (SSSR count). The first-order chi connectivity index (χ1) is 12.5. The van der Waals surface area contributed by atoms with Gasteiger partial charge in [0.2, 0.25) is 0 Å². The number of amides is 1. The summed E-state index contributed by atoms with van der Waals surface area (Å²) in [6.07, 6.45) is 3.75. The molecule has 1 aliphatic rings. The van der Waals surface area contributed by atoms with E-state index in [2.05, 4.69) is 14.9 Å². The molecular formula is C19H25FN4OS. The van der Waals surface area contributed by atoms with Crippen LogP contribution in [-0.4, -0.2) is 58.0 Å². The minimum atomic E-state index is -0.852. The Hall–Kier alpha value is -1.86. The molecule has 1 saturated heterocycles. The number of rotatable bonds is 6. The summed E-state index contributed by atoms with van der Waals surface area (Å²) in [4.78, 5) is 25.2. The molecule has 26 heavy (non-hydrogen) atoms. The topological polar surface area (TPSA) is 49.3 Å².